The molecule has 0 amide bonds. The van der Waals surface area contributed by atoms with Gasteiger partial charge in [0.15, 0.2) is 23.3 Å². The Kier molecular flexibility index (Phi) is 7.70. The van der Waals surface area contributed by atoms with Crippen LogP contribution in [0.1, 0.15) is 0 Å². The zero-order chi connectivity index (χ0) is 29.7. The molecule has 0 aliphatic carbocycles. The predicted molar refractivity (Wildman–Crippen MR) is 182 cm³/mol. The Morgan fingerprint density at radius 2 is 0.696 bits per heavy atom. The maximum Gasteiger partial charge on any atom is 3.00 e. The molecule has 8 bridgehead atoms. The minimum Gasteiger partial charge on any atom is -1.00 e. The van der Waals surface area contributed by atoms with E-state index in [0.717, 1.165) is 33.0 Å². The van der Waals surface area contributed by atoms with Crippen LogP contribution in [-0.4, -0.2) is 57.2 Å². The number of H-pyrrole nitrogens is 2. The van der Waals surface area contributed by atoms with E-state index in [4.69, 9.17) is 76.3 Å². The molecule has 5 heterocycles. The number of halogens is 5. The van der Waals surface area contributed by atoms with Crippen LogP contribution < -0.4 is 12.4 Å². The van der Waals surface area contributed by atoms with Gasteiger partial charge in [0.1, 0.15) is 22.6 Å². The van der Waals surface area contributed by atoms with Crippen molar-refractivity contribution in [1.29, 1.82) is 0 Å². The van der Waals surface area contributed by atoms with Gasteiger partial charge in [0.2, 0.25) is 0 Å². The van der Waals surface area contributed by atoms with Gasteiger partial charge in [-0.1, -0.05) is 119 Å². The van der Waals surface area contributed by atoms with Crippen molar-refractivity contribution in [2.45, 2.75) is 0 Å². The van der Waals surface area contributed by atoms with Crippen molar-refractivity contribution < 1.29 is 12.4 Å². The van der Waals surface area contributed by atoms with Crippen LogP contribution in [0.15, 0.2) is 72.8 Å². The van der Waals surface area contributed by atoms with Gasteiger partial charge < -0.3 is 22.4 Å². The Morgan fingerprint density at radius 3 is 1.07 bits per heavy atom. The van der Waals surface area contributed by atoms with Gasteiger partial charge in [-0.25, -0.2) is 29.9 Å². The first-order chi connectivity index (χ1) is 21.5. The summed E-state index contributed by atoms with van der Waals surface area (Å²) in [5, 5.41) is 3.31. The second-order valence-corrected chi connectivity index (χ2v) is 11.8. The van der Waals surface area contributed by atoms with Crippen LogP contribution >= 0.6 is 46.4 Å². The number of fused-ring (bicyclic) bond motifs is 20. The standard InChI is InChI=1S/C32H14Cl4N8.Al.ClH/c33-21-19-20(22(34)24(36)23(21)35)32-43-30-18-12-6-4-10-16(18)28(41-30)39-26-14-8-2-1-7-13(14)25(37-26)38-27-15-9-3-5-11-17(15)29(40-27)42-31(19)44-32;;/h1-12H,(H2,37,38,39,40,41,42,43,44);;1H/q;+3;/p-1. The van der Waals surface area contributed by atoms with Gasteiger partial charge >= 0.3 is 17.4 Å². The van der Waals surface area contributed by atoms with Crippen LogP contribution in [-0.2, 0) is 0 Å². The van der Waals surface area contributed by atoms with Gasteiger partial charge in [-0.05, 0) is 0 Å². The number of aromatic nitrogens is 8. The molecule has 2 N–H and O–H groups in total. The van der Waals surface area contributed by atoms with E-state index in [0.29, 0.717) is 56.7 Å². The third kappa shape index (κ3) is 4.50. The van der Waals surface area contributed by atoms with Crippen LogP contribution in [0.3, 0.4) is 0 Å². The number of nitrogens with zero attached hydrogens (tertiary/aromatic N) is 6. The summed E-state index contributed by atoms with van der Waals surface area (Å²) in [6, 6.07) is 23.4. The Bertz CT molecular complexity index is 2410. The average molecular weight is 715 g/mol. The fourth-order valence-corrected chi connectivity index (χ4v) is 6.78. The maximum atomic E-state index is 6.80. The van der Waals surface area contributed by atoms with Gasteiger partial charge in [0.05, 0.1) is 30.9 Å². The quantitative estimate of drug-likeness (QED) is 0.112. The SMILES string of the molecule is Clc1c(Cl)c(Cl)c2c3nc4nc(nc5[nH]c(nc6nc(nc([nH]3)c2c1Cl)-c1ccccc1-6)c1ccccc51)-c1ccccc1-4.[Al+3].[Cl-]. The molecule has 2 aliphatic heterocycles. The first-order valence-electron chi connectivity index (χ1n) is 13.4. The largest absolute Gasteiger partial charge is 3.00 e. The number of aromatic amines is 2. The summed E-state index contributed by atoms with van der Waals surface area (Å²) in [6.45, 7) is 0. The molecule has 3 aromatic heterocycles. The Hall–Kier alpha value is -3.78. The van der Waals surface area contributed by atoms with Crippen molar-refractivity contribution in [3.63, 3.8) is 0 Å². The fraction of sp³-hybridized carbons (Fsp3) is 0. The van der Waals surface area contributed by atoms with Crippen molar-refractivity contribution in [2.24, 2.45) is 0 Å². The number of hydrogen-bond donors (Lipinski definition) is 2. The molecule has 7 aromatic rings. The minimum atomic E-state index is 0. The molecule has 0 radical (unpaired) electrons. The zero-order valence-electron chi connectivity index (χ0n) is 23.1. The molecular formula is C32H14AlCl5N8+2. The summed E-state index contributed by atoms with van der Waals surface area (Å²) in [5.74, 6) is 1.85. The van der Waals surface area contributed by atoms with Crippen LogP contribution in [0.4, 0.5) is 0 Å². The van der Waals surface area contributed by atoms with E-state index in [9.17, 15) is 0 Å². The molecule has 0 fully saturated rings. The fourth-order valence-electron chi connectivity index (χ4n) is 5.75. The third-order valence-electron chi connectivity index (χ3n) is 7.76. The van der Waals surface area contributed by atoms with Crippen molar-refractivity contribution in [1.82, 2.24) is 39.9 Å². The van der Waals surface area contributed by atoms with Gasteiger partial charge in [0, 0.05) is 33.0 Å². The molecule has 4 aromatic carbocycles. The van der Waals surface area contributed by atoms with Crippen molar-refractivity contribution in [2.75, 3.05) is 0 Å². The molecule has 46 heavy (non-hydrogen) atoms. The van der Waals surface area contributed by atoms with E-state index in [1.165, 1.54) is 0 Å². The molecule has 0 spiro atoms. The van der Waals surface area contributed by atoms with Gasteiger partial charge in [-0.15, -0.1) is 0 Å². The first-order valence-corrected chi connectivity index (χ1v) is 14.9. The summed E-state index contributed by atoms with van der Waals surface area (Å²) in [6.07, 6.45) is 0. The summed E-state index contributed by atoms with van der Waals surface area (Å²) >= 11 is 26.7. The van der Waals surface area contributed by atoms with Crippen molar-refractivity contribution >= 4 is 108 Å². The average Bonchev–Trinajstić information content (AvgIpc) is 3.78. The van der Waals surface area contributed by atoms with Crippen molar-refractivity contribution in [3.8, 4) is 45.6 Å². The number of nitrogens with one attached hydrogen (secondary N) is 2. The normalized spacial score (nSPS) is 11.6. The molecule has 0 unspecified atom stereocenters. The second kappa shape index (κ2) is 11.5. The third-order valence-corrected chi connectivity index (χ3v) is 9.57. The zero-order valence-corrected chi connectivity index (χ0v) is 28.0. The van der Waals surface area contributed by atoms with Gasteiger partial charge in [-0.2, -0.15) is 0 Å². The Labute approximate surface area is 296 Å². The second-order valence-electron chi connectivity index (χ2n) is 10.3. The molecule has 0 saturated carbocycles. The van der Waals surface area contributed by atoms with E-state index in [2.05, 4.69) is 9.97 Å². The molecule has 14 heteroatoms. The molecule has 8 nitrogen and oxygen atoms in total. The summed E-state index contributed by atoms with van der Waals surface area (Å²) in [5.41, 5.74) is 5.20. The number of rotatable bonds is 0. The molecule has 0 atom stereocenters. The molecule has 2 aliphatic rings. The van der Waals surface area contributed by atoms with Crippen LogP contribution in [0, 0.1) is 0 Å². The Morgan fingerprint density at radius 1 is 0.391 bits per heavy atom. The van der Waals surface area contributed by atoms with Crippen LogP contribution in [0.5, 0.6) is 0 Å². The van der Waals surface area contributed by atoms with E-state index in [1.807, 2.05) is 72.8 Å². The van der Waals surface area contributed by atoms with E-state index >= 15 is 0 Å². The minimum absolute atomic E-state index is 0. The smallest absolute Gasteiger partial charge is 1.00 e. The number of hydrogen-bond acceptors (Lipinski definition) is 6. The first kappa shape index (κ1) is 30.9. The predicted octanol–water partition coefficient (Wildman–Crippen LogP) is 6.11. The molecular weight excluding hydrogens is 701 g/mol. The van der Waals surface area contributed by atoms with E-state index in [1.54, 1.807) is 0 Å². The summed E-state index contributed by atoms with van der Waals surface area (Å²) < 4.78 is 0. The molecule has 0 saturated heterocycles. The molecule has 9 rings (SSSR count). The summed E-state index contributed by atoms with van der Waals surface area (Å²) in [7, 11) is 0. The van der Waals surface area contributed by atoms with Gasteiger partial charge in [-0.3, -0.25) is 0 Å². The van der Waals surface area contributed by atoms with Gasteiger partial charge in [0.25, 0.3) is 0 Å². The molecule has 218 valence electrons. The van der Waals surface area contributed by atoms with Crippen LogP contribution in [0.25, 0.3) is 89.7 Å². The van der Waals surface area contributed by atoms with E-state index in [-0.39, 0.29) is 49.9 Å². The maximum absolute atomic E-state index is 6.80. The Balaban J connectivity index is 0.00000169. The topological polar surface area (TPSA) is 109 Å². The van der Waals surface area contributed by atoms with Crippen molar-refractivity contribution in [3.05, 3.63) is 92.9 Å². The number of benzene rings is 4. The monoisotopic (exact) mass is 712 g/mol. The summed E-state index contributed by atoms with van der Waals surface area (Å²) in [4.78, 5) is 36.3. The van der Waals surface area contributed by atoms with Crippen LogP contribution in [0.2, 0.25) is 20.1 Å². The van der Waals surface area contributed by atoms with E-state index < -0.39 is 0 Å².